The molecule has 9 heteroatoms. The molecule has 0 saturated carbocycles. The highest BCUT2D eigenvalue weighted by atomic mass is 32.2. The molecule has 164 valence electrons. The van der Waals surface area contributed by atoms with Crippen LogP contribution in [0.1, 0.15) is 37.5 Å². The van der Waals surface area contributed by atoms with Crippen LogP contribution >= 0.6 is 0 Å². The van der Waals surface area contributed by atoms with Crippen LogP contribution < -0.4 is 9.46 Å². The smallest absolute Gasteiger partial charge is 0.280 e. The number of carbonyl (C=O) groups is 2. The van der Waals surface area contributed by atoms with E-state index in [-0.39, 0.29) is 28.4 Å². The van der Waals surface area contributed by atoms with Crippen molar-refractivity contribution in [1.29, 1.82) is 0 Å². The molecule has 32 heavy (non-hydrogen) atoms. The normalized spacial score (nSPS) is 13.3. The van der Waals surface area contributed by atoms with Crippen molar-refractivity contribution in [2.75, 3.05) is 11.8 Å². The maximum Gasteiger partial charge on any atom is 0.280 e. The maximum absolute atomic E-state index is 13.2. The molecule has 2 heterocycles. The monoisotopic (exact) mass is 451 g/mol. The summed E-state index contributed by atoms with van der Waals surface area (Å²) in [4.78, 5) is 30.2. The number of carbonyl (C=O) groups excluding carboxylic acids is 2. The van der Waals surface area contributed by atoms with Gasteiger partial charge in [0.2, 0.25) is 0 Å². The van der Waals surface area contributed by atoms with Crippen LogP contribution in [-0.4, -0.2) is 37.2 Å². The summed E-state index contributed by atoms with van der Waals surface area (Å²) in [6.45, 7) is 3.54. The zero-order valence-corrected chi connectivity index (χ0v) is 18.6. The van der Waals surface area contributed by atoms with Gasteiger partial charge in [0.05, 0.1) is 24.9 Å². The number of para-hydroxylation sites is 1. The minimum atomic E-state index is -4.01. The molecule has 4 rings (SSSR count). The van der Waals surface area contributed by atoms with Gasteiger partial charge in [0.1, 0.15) is 16.3 Å². The molecule has 0 unspecified atom stereocenters. The number of sulfonamides is 1. The predicted octanol–water partition coefficient (Wildman–Crippen LogP) is 3.30. The lowest BCUT2D eigenvalue weighted by Gasteiger charge is -2.18. The zero-order chi connectivity index (χ0) is 23.0. The van der Waals surface area contributed by atoms with Crippen molar-refractivity contribution in [2.45, 2.75) is 25.3 Å². The van der Waals surface area contributed by atoms with E-state index in [4.69, 9.17) is 4.74 Å². The minimum absolute atomic E-state index is 0.0881. The molecule has 0 aliphatic carbocycles. The van der Waals surface area contributed by atoms with Crippen LogP contribution in [0, 0.1) is 13.8 Å². The van der Waals surface area contributed by atoms with E-state index in [0.717, 1.165) is 16.0 Å². The van der Waals surface area contributed by atoms with Crippen molar-refractivity contribution in [2.24, 2.45) is 0 Å². The number of ether oxygens (including phenoxy) is 1. The Morgan fingerprint density at radius 1 is 1.00 bits per heavy atom. The van der Waals surface area contributed by atoms with Gasteiger partial charge in [-0.1, -0.05) is 24.3 Å². The first-order chi connectivity index (χ1) is 15.2. The molecule has 1 aliphatic rings. The van der Waals surface area contributed by atoms with Crippen molar-refractivity contribution in [3.63, 3.8) is 0 Å². The number of nitrogens with zero attached hydrogens (tertiary/aromatic N) is 2. The fourth-order valence-corrected chi connectivity index (χ4v) is 5.06. The van der Waals surface area contributed by atoms with Crippen LogP contribution in [0.15, 0.2) is 59.6 Å². The van der Waals surface area contributed by atoms with Gasteiger partial charge >= 0.3 is 0 Å². The average molecular weight is 452 g/mol. The van der Waals surface area contributed by atoms with Crippen molar-refractivity contribution in [3.05, 3.63) is 82.7 Å². The minimum Gasteiger partial charge on any atom is -0.495 e. The summed E-state index contributed by atoms with van der Waals surface area (Å²) in [7, 11) is -2.64. The quantitative estimate of drug-likeness (QED) is 0.577. The molecule has 0 spiro atoms. The standard InChI is InChI=1S/C23H21N3O5S/c1-14-6-4-7-15(2)20(14)25-32(29,30)19-12-16(9-10-18(19)31-3)13-26-22(27)17-8-5-11-24-21(17)23(26)28/h4-12,25H,13H2,1-3H3. The first-order valence-corrected chi connectivity index (χ1v) is 11.3. The van der Waals surface area contributed by atoms with Crippen LogP contribution in [0.3, 0.4) is 0 Å². The zero-order valence-electron chi connectivity index (χ0n) is 17.7. The summed E-state index contributed by atoms with van der Waals surface area (Å²) in [6, 6.07) is 13.1. The molecule has 1 N–H and O–H groups in total. The van der Waals surface area contributed by atoms with E-state index in [2.05, 4.69) is 9.71 Å². The molecule has 1 aromatic heterocycles. The Morgan fingerprint density at radius 3 is 2.38 bits per heavy atom. The number of hydrogen-bond acceptors (Lipinski definition) is 6. The van der Waals surface area contributed by atoms with Crippen LogP contribution in [0.4, 0.5) is 5.69 Å². The molecule has 3 aromatic rings. The van der Waals surface area contributed by atoms with Crippen molar-refractivity contribution in [1.82, 2.24) is 9.88 Å². The van der Waals surface area contributed by atoms with E-state index in [0.29, 0.717) is 11.3 Å². The summed E-state index contributed by atoms with van der Waals surface area (Å²) in [5.74, 6) is -0.831. The van der Waals surface area contributed by atoms with Crippen molar-refractivity contribution >= 4 is 27.5 Å². The number of hydrogen-bond donors (Lipinski definition) is 1. The first-order valence-electron chi connectivity index (χ1n) is 9.80. The van der Waals surface area contributed by atoms with Crippen molar-refractivity contribution in [3.8, 4) is 5.75 Å². The summed E-state index contributed by atoms with van der Waals surface area (Å²) >= 11 is 0. The number of amides is 2. The third-order valence-corrected chi connectivity index (χ3v) is 6.68. The molecule has 2 amide bonds. The highest BCUT2D eigenvalue weighted by Crippen LogP contribution is 2.30. The molecular weight excluding hydrogens is 430 g/mol. The fourth-order valence-electron chi connectivity index (χ4n) is 3.63. The molecule has 0 bridgehead atoms. The number of methoxy groups -OCH3 is 1. The number of benzene rings is 2. The molecule has 0 radical (unpaired) electrons. The summed E-state index contributed by atoms with van der Waals surface area (Å²) in [5.41, 5.74) is 2.84. The fraction of sp³-hybridized carbons (Fsp3) is 0.174. The van der Waals surface area contributed by atoms with Gasteiger partial charge in [0.15, 0.2) is 0 Å². The topological polar surface area (TPSA) is 106 Å². The maximum atomic E-state index is 13.2. The second kappa shape index (κ2) is 8.08. The Morgan fingerprint density at radius 2 is 1.72 bits per heavy atom. The summed E-state index contributed by atoms with van der Waals surface area (Å²) in [6.07, 6.45) is 1.45. The lowest BCUT2D eigenvalue weighted by Crippen LogP contribution is -2.29. The number of aryl methyl sites for hydroxylation is 2. The lowest BCUT2D eigenvalue weighted by molar-refractivity contribution is 0.0640. The van der Waals surface area contributed by atoms with E-state index >= 15 is 0 Å². The van der Waals surface area contributed by atoms with Crippen LogP contribution in [0.25, 0.3) is 0 Å². The molecule has 0 atom stereocenters. The highest BCUT2D eigenvalue weighted by molar-refractivity contribution is 7.92. The number of anilines is 1. The van der Waals surface area contributed by atoms with E-state index in [9.17, 15) is 18.0 Å². The Hall–Kier alpha value is -3.72. The molecule has 0 fully saturated rings. The van der Waals surface area contributed by atoms with E-state index in [1.165, 1.54) is 25.4 Å². The van der Waals surface area contributed by atoms with Crippen molar-refractivity contribution < 1.29 is 22.7 Å². The van der Waals surface area contributed by atoms with Gasteiger partial charge in [-0.05, 0) is 54.8 Å². The number of rotatable bonds is 6. The molecule has 0 saturated heterocycles. The predicted molar refractivity (Wildman–Crippen MR) is 118 cm³/mol. The average Bonchev–Trinajstić information content (AvgIpc) is 3.01. The number of nitrogens with one attached hydrogen (secondary N) is 1. The van der Waals surface area contributed by atoms with Gasteiger partial charge in [-0.2, -0.15) is 0 Å². The SMILES string of the molecule is COc1ccc(CN2C(=O)c3cccnc3C2=O)cc1S(=O)(=O)Nc1c(C)cccc1C. The van der Waals surface area contributed by atoms with Gasteiger partial charge in [-0.25, -0.2) is 8.42 Å². The molecular formula is C23H21N3O5S. The summed E-state index contributed by atoms with van der Waals surface area (Å²) in [5, 5.41) is 0. The van der Waals surface area contributed by atoms with Gasteiger partial charge in [0.25, 0.3) is 21.8 Å². The lowest BCUT2D eigenvalue weighted by atomic mass is 10.1. The van der Waals surface area contributed by atoms with Crippen LogP contribution in [0.2, 0.25) is 0 Å². The highest BCUT2D eigenvalue weighted by Gasteiger charge is 2.36. The number of fused-ring (bicyclic) bond motifs is 1. The second-order valence-corrected chi connectivity index (χ2v) is 9.10. The summed E-state index contributed by atoms with van der Waals surface area (Å²) < 4.78 is 34.4. The second-order valence-electron chi connectivity index (χ2n) is 7.45. The van der Waals surface area contributed by atoms with E-state index in [1.807, 2.05) is 32.0 Å². The Bertz CT molecular complexity index is 1300. The van der Waals surface area contributed by atoms with Gasteiger partial charge < -0.3 is 4.74 Å². The van der Waals surface area contributed by atoms with Gasteiger partial charge in [0, 0.05) is 6.20 Å². The molecule has 2 aromatic carbocycles. The van der Waals surface area contributed by atoms with E-state index in [1.54, 1.807) is 18.2 Å². The largest absolute Gasteiger partial charge is 0.495 e. The molecule has 1 aliphatic heterocycles. The number of imide groups is 1. The van der Waals surface area contributed by atoms with Crippen LogP contribution in [0.5, 0.6) is 5.75 Å². The molecule has 8 nitrogen and oxygen atoms in total. The number of aromatic nitrogens is 1. The number of pyridine rings is 1. The Kier molecular flexibility index (Phi) is 5.43. The third kappa shape index (κ3) is 3.71. The van der Waals surface area contributed by atoms with Gasteiger partial charge in [-0.15, -0.1) is 0 Å². The van der Waals surface area contributed by atoms with Gasteiger partial charge in [-0.3, -0.25) is 24.2 Å². The van der Waals surface area contributed by atoms with Crippen LogP contribution in [-0.2, 0) is 16.6 Å². The van der Waals surface area contributed by atoms with E-state index < -0.39 is 21.8 Å². The Labute approximate surface area is 185 Å². The first kappa shape index (κ1) is 21.5. The third-order valence-electron chi connectivity index (χ3n) is 5.31. The Balaban J connectivity index is 1.68.